The summed E-state index contributed by atoms with van der Waals surface area (Å²) >= 11 is 0. The average molecular weight is 623 g/mol. The molecule has 1 atom stereocenters. The van der Waals surface area contributed by atoms with E-state index >= 15 is 0 Å². The number of nitrogens with one attached hydrogen (secondary N) is 3. The molecule has 0 aliphatic rings. The first-order valence-electron chi connectivity index (χ1n) is 15.3. The van der Waals surface area contributed by atoms with Gasteiger partial charge in [0.2, 0.25) is 11.8 Å². The smallest absolute Gasteiger partial charge is 0.254 e. The minimum atomic E-state index is -0.993. The number of nitrogen functional groups attached to an aromatic ring is 1. The number of carbonyl (C=O) groups excluding carboxylic acids is 3. The minimum Gasteiger partial charge on any atom is -0.457 e. The first kappa shape index (κ1) is 33.5. The second-order valence-corrected chi connectivity index (χ2v) is 11.6. The Bertz CT molecular complexity index is 1690. The van der Waals surface area contributed by atoms with Gasteiger partial charge >= 0.3 is 0 Å². The molecule has 10 nitrogen and oxygen atoms in total. The van der Waals surface area contributed by atoms with Gasteiger partial charge in [0.05, 0.1) is 6.54 Å². The van der Waals surface area contributed by atoms with E-state index in [2.05, 4.69) is 24.1 Å². The van der Waals surface area contributed by atoms with Gasteiger partial charge in [-0.15, -0.1) is 0 Å². The van der Waals surface area contributed by atoms with Gasteiger partial charge in [-0.1, -0.05) is 57.2 Å². The van der Waals surface area contributed by atoms with E-state index in [9.17, 15) is 14.4 Å². The summed E-state index contributed by atoms with van der Waals surface area (Å²) in [5.41, 5.74) is 16.7. The fourth-order valence-electron chi connectivity index (χ4n) is 5.37. The first-order chi connectivity index (χ1) is 22.0. The Morgan fingerprint density at radius 1 is 0.957 bits per heavy atom. The molecular weight excluding hydrogens is 580 g/mol. The summed E-state index contributed by atoms with van der Waals surface area (Å²) in [7, 11) is 0. The zero-order chi connectivity index (χ0) is 33.4. The summed E-state index contributed by atoms with van der Waals surface area (Å²) in [4.78, 5) is 44.4. The molecule has 0 saturated carbocycles. The number of benzene rings is 3. The van der Waals surface area contributed by atoms with Crippen LogP contribution in [0.3, 0.4) is 0 Å². The molecular formula is C36H42N6O4. The molecule has 46 heavy (non-hydrogen) atoms. The topological polar surface area (TPSA) is 167 Å². The Labute approximate surface area is 269 Å². The fraction of sp³-hybridized carbons (Fsp3) is 0.278. The SMILES string of the molecule is CCc1c(CC(C(=O)NCC(N)=O)N(Cc2cccc(Oc3ccc(C(C)C)cc3)c2)C(=O)c2ccc(C(=N)N)cc2)c[nH]c1C. The van der Waals surface area contributed by atoms with E-state index in [1.807, 2.05) is 68.6 Å². The standard InChI is InChI=1S/C36H42N6O4/c1-5-31-23(4)40-19-28(31)18-32(35(44)41-20-33(37)43)42(36(45)27-11-9-26(10-12-27)34(38)39)21-24-7-6-8-30(17-24)46-29-15-13-25(14-16-29)22(2)3/h6-17,19,22,32,40H,5,18,20-21H2,1-4H3,(H2,37,43)(H3,38,39)(H,41,44). The number of hydrogen-bond donors (Lipinski definition) is 5. The second kappa shape index (κ2) is 15.1. The van der Waals surface area contributed by atoms with Gasteiger partial charge in [0.15, 0.2) is 0 Å². The van der Waals surface area contributed by atoms with Crippen LogP contribution in [0.15, 0.2) is 79.0 Å². The Morgan fingerprint density at radius 3 is 2.24 bits per heavy atom. The molecule has 7 N–H and O–H groups in total. The monoisotopic (exact) mass is 622 g/mol. The molecule has 3 amide bonds. The van der Waals surface area contributed by atoms with Crippen molar-refractivity contribution < 1.29 is 19.1 Å². The molecule has 0 bridgehead atoms. The highest BCUT2D eigenvalue weighted by Gasteiger charge is 2.32. The van der Waals surface area contributed by atoms with Crippen LogP contribution in [0.25, 0.3) is 0 Å². The predicted octanol–water partition coefficient (Wildman–Crippen LogP) is 4.94. The van der Waals surface area contributed by atoms with E-state index in [0.717, 1.165) is 28.8 Å². The van der Waals surface area contributed by atoms with Gasteiger partial charge in [0.25, 0.3) is 5.91 Å². The van der Waals surface area contributed by atoms with E-state index in [4.69, 9.17) is 21.6 Å². The molecule has 240 valence electrons. The molecule has 1 unspecified atom stereocenters. The number of aryl methyl sites for hydroxylation is 1. The lowest BCUT2D eigenvalue weighted by atomic mass is 9.98. The van der Waals surface area contributed by atoms with Gasteiger partial charge in [-0.3, -0.25) is 19.8 Å². The number of aromatic nitrogens is 1. The number of carbonyl (C=O) groups is 3. The van der Waals surface area contributed by atoms with E-state index in [1.165, 1.54) is 10.5 Å². The van der Waals surface area contributed by atoms with Crippen LogP contribution in [-0.4, -0.2) is 46.0 Å². The van der Waals surface area contributed by atoms with Crippen LogP contribution in [0.1, 0.15) is 70.6 Å². The van der Waals surface area contributed by atoms with E-state index in [0.29, 0.717) is 28.5 Å². The normalized spacial score (nSPS) is 11.6. The second-order valence-electron chi connectivity index (χ2n) is 11.6. The summed E-state index contributed by atoms with van der Waals surface area (Å²) in [5, 5.41) is 10.3. The summed E-state index contributed by atoms with van der Waals surface area (Å²) in [6.07, 6.45) is 2.79. The number of rotatable bonds is 14. The van der Waals surface area contributed by atoms with Crippen molar-refractivity contribution in [2.75, 3.05) is 6.54 Å². The van der Waals surface area contributed by atoms with Crippen molar-refractivity contribution >= 4 is 23.6 Å². The third-order valence-electron chi connectivity index (χ3n) is 7.92. The van der Waals surface area contributed by atoms with Crippen LogP contribution in [0.2, 0.25) is 0 Å². The molecule has 4 aromatic rings. The number of hydrogen-bond acceptors (Lipinski definition) is 5. The van der Waals surface area contributed by atoms with Crippen LogP contribution in [0.5, 0.6) is 11.5 Å². The van der Waals surface area contributed by atoms with Gasteiger partial charge in [-0.25, -0.2) is 0 Å². The van der Waals surface area contributed by atoms with Gasteiger partial charge in [0, 0.05) is 36.0 Å². The molecule has 10 heteroatoms. The zero-order valence-corrected chi connectivity index (χ0v) is 26.7. The summed E-state index contributed by atoms with van der Waals surface area (Å²) < 4.78 is 6.15. The van der Waals surface area contributed by atoms with Crippen molar-refractivity contribution in [3.63, 3.8) is 0 Å². The van der Waals surface area contributed by atoms with Crippen LogP contribution in [0.4, 0.5) is 0 Å². The number of aromatic amines is 1. The molecule has 0 radical (unpaired) electrons. The van der Waals surface area contributed by atoms with Gasteiger partial charge < -0.3 is 31.4 Å². The summed E-state index contributed by atoms with van der Waals surface area (Å²) in [5.74, 6) is -0.0681. The minimum absolute atomic E-state index is 0.0658. The van der Waals surface area contributed by atoms with E-state index in [-0.39, 0.29) is 25.3 Å². The highest BCUT2D eigenvalue weighted by atomic mass is 16.5. The zero-order valence-electron chi connectivity index (χ0n) is 26.7. The molecule has 0 spiro atoms. The highest BCUT2D eigenvalue weighted by Crippen LogP contribution is 2.27. The number of amides is 3. The van der Waals surface area contributed by atoms with Crippen molar-refractivity contribution in [3.8, 4) is 11.5 Å². The van der Waals surface area contributed by atoms with Gasteiger partial charge in [-0.05, 0) is 77.9 Å². The Hall–Kier alpha value is -5.38. The molecule has 0 aliphatic heterocycles. The number of H-pyrrole nitrogens is 1. The summed E-state index contributed by atoms with van der Waals surface area (Å²) in [6, 6.07) is 20.7. The molecule has 1 aromatic heterocycles. The van der Waals surface area contributed by atoms with Crippen LogP contribution >= 0.6 is 0 Å². The average Bonchev–Trinajstić information content (AvgIpc) is 3.40. The largest absolute Gasteiger partial charge is 0.457 e. The Balaban J connectivity index is 1.73. The fourth-order valence-corrected chi connectivity index (χ4v) is 5.37. The van der Waals surface area contributed by atoms with E-state index in [1.54, 1.807) is 24.3 Å². The predicted molar refractivity (Wildman–Crippen MR) is 179 cm³/mol. The van der Waals surface area contributed by atoms with Gasteiger partial charge in [0.1, 0.15) is 23.4 Å². The van der Waals surface area contributed by atoms with Crippen LogP contribution in [-0.2, 0) is 29.0 Å². The Morgan fingerprint density at radius 2 is 1.63 bits per heavy atom. The first-order valence-corrected chi connectivity index (χ1v) is 15.3. The van der Waals surface area contributed by atoms with Crippen LogP contribution in [0, 0.1) is 12.3 Å². The maximum Gasteiger partial charge on any atom is 0.254 e. The van der Waals surface area contributed by atoms with Crippen molar-refractivity contribution in [1.82, 2.24) is 15.2 Å². The number of nitrogens with two attached hydrogens (primary N) is 2. The molecule has 3 aromatic carbocycles. The number of ether oxygens (including phenoxy) is 1. The highest BCUT2D eigenvalue weighted by molar-refractivity contribution is 6.00. The number of nitrogens with zero attached hydrogens (tertiary/aromatic N) is 1. The number of primary amides is 1. The quantitative estimate of drug-likeness (QED) is 0.0990. The van der Waals surface area contributed by atoms with Crippen molar-refractivity contribution in [2.24, 2.45) is 11.5 Å². The third kappa shape index (κ3) is 8.41. The molecule has 0 fully saturated rings. The molecule has 1 heterocycles. The van der Waals surface area contributed by atoms with Crippen molar-refractivity contribution in [2.45, 2.75) is 59.0 Å². The summed E-state index contributed by atoms with van der Waals surface area (Å²) in [6.45, 7) is 7.96. The lowest BCUT2D eigenvalue weighted by Crippen LogP contribution is -2.51. The maximum absolute atomic E-state index is 14.3. The Kier molecular flexibility index (Phi) is 11.0. The lowest BCUT2D eigenvalue weighted by Gasteiger charge is -2.31. The maximum atomic E-state index is 14.3. The molecule has 0 saturated heterocycles. The van der Waals surface area contributed by atoms with Gasteiger partial charge in [-0.2, -0.15) is 0 Å². The van der Waals surface area contributed by atoms with E-state index < -0.39 is 23.8 Å². The third-order valence-corrected chi connectivity index (χ3v) is 7.92. The lowest BCUT2D eigenvalue weighted by molar-refractivity contribution is -0.128. The van der Waals surface area contributed by atoms with Crippen molar-refractivity contribution in [3.05, 3.63) is 118 Å². The molecule has 4 rings (SSSR count). The molecule has 0 aliphatic carbocycles. The number of amidine groups is 1. The van der Waals surface area contributed by atoms with Crippen LogP contribution < -0.4 is 21.5 Å². The van der Waals surface area contributed by atoms with Crippen molar-refractivity contribution in [1.29, 1.82) is 5.41 Å².